The van der Waals surface area contributed by atoms with Crippen LogP contribution in [0.3, 0.4) is 0 Å². The summed E-state index contributed by atoms with van der Waals surface area (Å²) < 4.78 is 5.47. The van der Waals surface area contributed by atoms with Crippen molar-refractivity contribution in [1.82, 2.24) is 4.90 Å². The van der Waals surface area contributed by atoms with Gasteiger partial charge in [-0.3, -0.25) is 9.59 Å². The Bertz CT molecular complexity index is 1150. The highest BCUT2D eigenvalue weighted by Gasteiger charge is 2.30. The van der Waals surface area contributed by atoms with E-state index in [2.05, 4.69) is 16.7 Å². The lowest BCUT2D eigenvalue weighted by molar-refractivity contribution is -0.116. The summed E-state index contributed by atoms with van der Waals surface area (Å²) in [5, 5.41) is 15.9. The van der Waals surface area contributed by atoms with Crippen molar-refractivity contribution in [3.63, 3.8) is 0 Å². The van der Waals surface area contributed by atoms with Gasteiger partial charge in [-0.05, 0) is 57.4 Å². The van der Waals surface area contributed by atoms with Gasteiger partial charge in [-0.2, -0.15) is 5.26 Å². The fourth-order valence-electron chi connectivity index (χ4n) is 3.52. The van der Waals surface area contributed by atoms with Gasteiger partial charge in [-0.25, -0.2) is 4.79 Å². The van der Waals surface area contributed by atoms with Gasteiger partial charge in [0.1, 0.15) is 16.7 Å². The number of thiophene rings is 1. The lowest BCUT2D eigenvalue weighted by atomic mass is 10.0. The van der Waals surface area contributed by atoms with Gasteiger partial charge < -0.3 is 20.3 Å². The largest absolute Gasteiger partial charge is 0.444 e. The van der Waals surface area contributed by atoms with E-state index in [1.807, 2.05) is 52.0 Å². The van der Waals surface area contributed by atoms with E-state index in [0.717, 1.165) is 21.8 Å². The average molecular weight is 515 g/mol. The third kappa shape index (κ3) is 7.47. The van der Waals surface area contributed by atoms with E-state index in [4.69, 9.17) is 4.74 Å². The van der Waals surface area contributed by atoms with Gasteiger partial charge in [0.05, 0.1) is 17.9 Å². The third-order valence-corrected chi connectivity index (χ3v) is 7.16. The molecule has 35 heavy (non-hydrogen) atoms. The molecular formula is C25H30N4O4S2. The van der Waals surface area contributed by atoms with Crippen molar-refractivity contribution < 1.29 is 19.1 Å². The van der Waals surface area contributed by atoms with Crippen molar-refractivity contribution in [2.45, 2.75) is 64.0 Å². The number of hydrogen-bond donors (Lipinski definition) is 2. The standard InChI is InChI=1S/C25H30N4O4S2/c1-5-7-21(30)27-16-8-6-9-17(12-16)34-15-22(31)28-23-19(13-26)18-10-11-29(14-20(18)35-23)24(32)33-25(2,3)4/h6,8-9,12H,5,7,10-11,14-15H2,1-4H3,(H,27,30)(H,28,31). The summed E-state index contributed by atoms with van der Waals surface area (Å²) >= 11 is 2.68. The number of rotatable bonds is 7. The normalized spacial score (nSPS) is 12.9. The van der Waals surface area contributed by atoms with Gasteiger partial charge in [-0.15, -0.1) is 23.1 Å². The Hall–Kier alpha value is -3.03. The van der Waals surface area contributed by atoms with Gasteiger partial charge in [0.15, 0.2) is 0 Å². The van der Waals surface area contributed by atoms with E-state index in [-0.39, 0.29) is 23.7 Å². The fraction of sp³-hybridized carbons (Fsp3) is 0.440. The monoisotopic (exact) mass is 514 g/mol. The van der Waals surface area contributed by atoms with E-state index in [9.17, 15) is 19.6 Å². The molecule has 0 atom stereocenters. The second-order valence-corrected chi connectivity index (χ2v) is 11.3. The highest BCUT2D eigenvalue weighted by atomic mass is 32.2. The summed E-state index contributed by atoms with van der Waals surface area (Å²) in [6, 6.07) is 9.57. The van der Waals surface area contributed by atoms with E-state index in [1.165, 1.54) is 23.1 Å². The Kier molecular flexibility index (Phi) is 8.81. The first-order valence-electron chi connectivity index (χ1n) is 11.4. The molecule has 0 aliphatic carbocycles. The molecular weight excluding hydrogens is 484 g/mol. The molecule has 3 rings (SSSR count). The molecule has 2 heterocycles. The zero-order chi connectivity index (χ0) is 25.6. The third-order valence-electron chi connectivity index (χ3n) is 5.04. The van der Waals surface area contributed by atoms with Crippen molar-refractivity contribution >= 4 is 51.7 Å². The summed E-state index contributed by atoms with van der Waals surface area (Å²) in [6.45, 7) is 8.23. The molecule has 1 aromatic carbocycles. The van der Waals surface area contributed by atoms with Crippen LogP contribution in [0.1, 0.15) is 56.5 Å². The first-order valence-corrected chi connectivity index (χ1v) is 13.2. The Labute approximate surface area is 214 Å². The summed E-state index contributed by atoms with van der Waals surface area (Å²) in [7, 11) is 0. The molecule has 0 unspecified atom stereocenters. The summed E-state index contributed by atoms with van der Waals surface area (Å²) in [4.78, 5) is 40.3. The average Bonchev–Trinajstić information content (AvgIpc) is 3.13. The number of nitrogens with zero attached hydrogens (tertiary/aromatic N) is 2. The summed E-state index contributed by atoms with van der Waals surface area (Å²) in [6.07, 6.45) is 1.39. The van der Waals surface area contributed by atoms with Crippen LogP contribution in [0.5, 0.6) is 0 Å². The molecule has 1 aromatic heterocycles. The predicted molar refractivity (Wildman–Crippen MR) is 139 cm³/mol. The SMILES string of the molecule is CCCC(=O)Nc1cccc(SCC(=O)Nc2sc3c(c2C#N)CCN(C(=O)OC(C)(C)C)C3)c1. The van der Waals surface area contributed by atoms with Gasteiger partial charge in [0.2, 0.25) is 11.8 Å². The van der Waals surface area contributed by atoms with Gasteiger partial charge >= 0.3 is 6.09 Å². The van der Waals surface area contributed by atoms with Gasteiger partial charge in [-0.1, -0.05) is 13.0 Å². The molecule has 2 N–H and O–H groups in total. The topological polar surface area (TPSA) is 112 Å². The van der Waals surface area contributed by atoms with Crippen LogP contribution >= 0.6 is 23.1 Å². The Balaban J connectivity index is 1.61. The van der Waals surface area contributed by atoms with E-state index < -0.39 is 5.60 Å². The van der Waals surface area contributed by atoms with Crippen molar-refractivity contribution in [3.05, 3.63) is 40.3 Å². The number of carbonyl (C=O) groups excluding carboxylic acids is 3. The Morgan fingerprint density at radius 2 is 2.00 bits per heavy atom. The number of benzene rings is 1. The van der Waals surface area contributed by atoms with Crippen LogP contribution in [-0.4, -0.2) is 40.7 Å². The predicted octanol–water partition coefficient (Wildman–Crippen LogP) is 5.38. The molecule has 1 aliphatic heterocycles. The number of nitrogens with one attached hydrogen (secondary N) is 2. The molecule has 0 saturated heterocycles. The van der Waals surface area contributed by atoms with Crippen molar-refractivity contribution in [1.29, 1.82) is 5.26 Å². The van der Waals surface area contributed by atoms with Crippen LogP contribution in [0.25, 0.3) is 0 Å². The maximum Gasteiger partial charge on any atom is 0.410 e. The second kappa shape index (κ2) is 11.6. The highest BCUT2D eigenvalue weighted by Crippen LogP contribution is 2.37. The smallest absolute Gasteiger partial charge is 0.410 e. The second-order valence-electron chi connectivity index (χ2n) is 9.13. The lowest BCUT2D eigenvalue weighted by Gasteiger charge is -2.29. The summed E-state index contributed by atoms with van der Waals surface area (Å²) in [5.41, 5.74) is 1.46. The molecule has 1 aliphatic rings. The first kappa shape index (κ1) is 26.6. The molecule has 2 aromatic rings. The van der Waals surface area contributed by atoms with Crippen LogP contribution in [0.4, 0.5) is 15.5 Å². The minimum absolute atomic E-state index is 0.0386. The number of fused-ring (bicyclic) bond motifs is 1. The Morgan fingerprint density at radius 3 is 2.69 bits per heavy atom. The highest BCUT2D eigenvalue weighted by molar-refractivity contribution is 8.00. The first-order chi connectivity index (χ1) is 16.6. The molecule has 10 heteroatoms. The molecule has 8 nitrogen and oxygen atoms in total. The van der Waals surface area contributed by atoms with E-state index >= 15 is 0 Å². The van der Waals surface area contributed by atoms with Crippen molar-refractivity contribution in [2.75, 3.05) is 22.9 Å². The maximum absolute atomic E-state index is 12.7. The van der Waals surface area contributed by atoms with Crippen LogP contribution in [-0.2, 0) is 27.3 Å². The van der Waals surface area contributed by atoms with Crippen LogP contribution in [0, 0.1) is 11.3 Å². The summed E-state index contributed by atoms with van der Waals surface area (Å²) in [5.74, 6) is -0.109. The number of carbonyl (C=O) groups is 3. The quantitative estimate of drug-likeness (QED) is 0.480. The molecule has 0 spiro atoms. The van der Waals surface area contributed by atoms with Crippen LogP contribution in [0.15, 0.2) is 29.2 Å². The number of ether oxygens (including phenoxy) is 1. The molecule has 0 bridgehead atoms. The van der Waals surface area contributed by atoms with E-state index in [1.54, 1.807) is 4.90 Å². The number of hydrogen-bond acceptors (Lipinski definition) is 7. The number of thioether (sulfide) groups is 1. The van der Waals surface area contributed by atoms with Gasteiger partial charge in [0.25, 0.3) is 0 Å². The van der Waals surface area contributed by atoms with Crippen LogP contribution in [0.2, 0.25) is 0 Å². The Morgan fingerprint density at radius 1 is 1.23 bits per heavy atom. The van der Waals surface area contributed by atoms with Crippen molar-refractivity contribution in [2.24, 2.45) is 0 Å². The number of amides is 3. The minimum Gasteiger partial charge on any atom is -0.444 e. The number of anilines is 2. The minimum atomic E-state index is -0.581. The molecule has 3 amide bonds. The fourth-order valence-corrected chi connectivity index (χ4v) is 5.50. The zero-order valence-corrected chi connectivity index (χ0v) is 22.0. The maximum atomic E-state index is 12.7. The zero-order valence-electron chi connectivity index (χ0n) is 20.4. The molecule has 186 valence electrons. The lowest BCUT2D eigenvalue weighted by Crippen LogP contribution is -2.39. The van der Waals surface area contributed by atoms with Gasteiger partial charge in [0, 0.05) is 28.4 Å². The van der Waals surface area contributed by atoms with Crippen molar-refractivity contribution in [3.8, 4) is 6.07 Å². The van der Waals surface area contributed by atoms with E-state index in [0.29, 0.717) is 42.2 Å². The molecule has 0 radical (unpaired) electrons. The molecule has 0 saturated carbocycles. The van der Waals surface area contributed by atoms with Crippen LogP contribution < -0.4 is 10.6 Å². The molecule has 0 fully saturated rings. The number of nitriles is 1.